The van der Waals surface area contributed by atoms with E-state index in [1.165, 1.54) is 0 Å². The highest BCUT2D eigenvalue weighted by Gasteiger charge is 2.16. The molecule has 5 aromatic heterocycles. The second-order valence-corrected chi connectivity index (χ2v) is 7.09. The quantitative estimate of drug-likeness (QED) is 0.475. The summed E-state index contributed by atoms with van der Waals surface area (Å²) in [5, 5.41) is 12.7. The molecule has 8 heteroatoms. The minimum atomic E-state index is 0.697. The van der Waals surface area contributed by atoms with Crippen molar-refractivity contribution in [3.63, 3.8) is 0 Å². The zero-order chi connectivity index (χ0) is 20.1. The van der Waals surface area contributed by atoms with Gasteiger partial charge in [0, 0.05) is 36.0 Å². The molecule has 5 heterocycles. The van der Waals surface area contributed by atoms with E-state index in [-0.39, 0.29) is 0 Å². The Morgan fingerprint density at radius 3 is 2.73 bits per heavy atom. The van der Waals surface area contributed by atoms with Gasteiger partial charge in [0.2, 0.25) is 0 Å². The van der Waals surface area contributed by atoms with Crippen molar-refractivity contribution in [2.45, 2.75) is 0 Å². The number of fused-ring (bicyclic) bond motifs is 2. The zero-order valence-electron chi connectivity index (χ0n) is 16.0. The predicted octanol–water partition coefficient (Wildman–Crippen LogP) is 3.96. The summed E-state index contributed by atoms with van der Waals surface area (Å²) < 4.78 is 1.76. The number of hydrogen-bond acceptors (Lipinski definition) is 5. The van der Waals surface area contributed by atoms with E-state index in [2.05, 4.69) is 30.2 Å². The van der Waals surface area contributed by atoms with Crippen LogP contribution < -0.4 is 0 Å². The smallest absolute Gasteiger partial charge is 0.159 e. The van der Waals surface area contributed by atoms with Gasteiger partial charge in [0.05, 0.1) is 40.3 Å². The summed E-state index contributed by atoms with van der Waals surface area (Å²) in [6, 6.07) is 13.9. The standard InChI is InChI=1S/C22H16N8/c1-30-12-13(10-25-30)18-9-15-19(11-24-18)28-29-21(15)22-26-17-7-4-5-14(20(17)27-22)16-6-2-3-8-23-16/h2-12H,1H3,(H,26,27)(H,28,29). The van der Waals surface area contributed by atoms with Crippen molar-refractivity contribution < 1.29 is 0 Å². The highest BCUT2D eigenvalue weighted by Crippen LogP contribution is 2.31. The lowest BCUT2D eigenvalue weighted by molar-refractivity contribution is 0.768. The summed E-state index contributed by atoms with van der Waals surface area (Å²) >= 11 is 0. The third kappa shape index (κ3) is 2.58. The number of aromatic amines is 2. The van der Waals surface area contributed by atoms with E-state index >= 15 is 0 Å². The molecule has 0 aliphatic rings. The zero-order valence-corrected chi connectivity index (χ0v) is 16.0. The van der Waals surface area contributed by atoms with Crippen LogP contribution in [0.3, 0.4) is 0 Å². The van der Waals surface area contributed by atoms with Crippen molar-refractivity contribution in [3.05, 3.63) is 67.3 Å². The van der Waals surface area contributed by atoms with E-state index in [1.807, 2.05) is 55.7 Å². The van der Waals surface area contributed by atoms with Crippen molar-refractivity contribution in [1.29, 1.82) is 0 Å². The van der Waals surface area contributed by atoms with Gasteiger partial charge >= 0.3 is 0 Å². The number of aryl methyl sites for hydroxylation is 1. The van der Waals surface area contributed by atoms with Crippen LogP contribution in [0.1, 0.15) is 0 Å². The molecule has 0 amide bonds. The third-order valence-electron chi connectivity index (χ3n) is 5.13. The van der Waals surface area contributed by atoms with Crippen molar-refractivity contribution in [2.75, 3.05) is 0 Å². The third-order valence-corrected chi connectivity index (χ3v) is 5.13. The lowest BCUT2D eigenvalue weighted by atomic mass is 10.1. The average Bonchev–Trinajstić information content (AvgIpc) is 3.50. The van der Waals surface area contributed by atoms with E-state index in [1.54, 1.807) is 23.3 Å². The minimum Gasteiger partial charge on any atom is -0.337 e. The van der Waals surface area contributed by atoms with Gasteiger partial charge in [-0.2, -0.15) is 10.2 Å². The maximum absolute atomic E-state index is 4.87. The number of imidazole rings is 1. The monoisotopic (exact) mass is 392 g/mol. The second-order valence-electron chi connectivity index (χ2n) is 7.09. The summed E-state index contributed by atoms with van der Waals surface area (Å²) in [5.41, 5.74) is 7.06. The first-order valence-electron chi connectivity index (χ1n) is 9.50. The first-order valence-corrected chi connectivity index (χ1v) is 9.50. The summed E-state index contributed by atoms with van der Waals surface area (Å²) in [7, 11) is 1.89. The molecule has 8 nitrogen and oxygen atoms in total. The maximum atomic E-state index is 4.87. The van der Waals surface area contributed by atoms with Crippen LogP contribution in [0.15, 0.2) is 67.3 Å². The summed E-state index contributed by atoms with van der Waals surface area (Å²) in [4.78, 5) is 17.3. The Bertz CT molecular complexity index is 1510. The number of rotatable bonds is 3. The van der Waals surface area contributed by atoms with Gasteiger partial charge in [-0.15, -0.1) is 0 Å². The summed E-state index contributed by atoms with van der Waals surface area (Å²) in [5.74, 6) is 0.697. The van der Waals surface area contributed by atoms with E-state index in [4.69, 9.17) is 4.98 Å². The predicted molar refractivity (Wildman–Crippen MR) is 114 cm³/mol. The SMILES string of the molecule is Cn1cc(-c2cc3c(-c4nc5c(-c6ccccn6)cccc5[nH]4)n[nH]c3cn2)cn1. The van der Waals surface area contributed by atoms with E-state index < -0.39 is 0 Å². The normalized spacial score (nSPS) is 11.5. The van der Waals surface area contributed by atoms with Crippen molar-refractivity contribution in [2.24, 2.45) is 7.05 Å². The Balaban J connectivity index is 1.52. The molecule has 0 spiro atoms. The molecule has 1 aromatic carbocycles. The van der Waals surface area contributed by atoms with Crippen molar-refractivity contribution in [1.82, 2.24) is 39.9 Å². The Kier molecular flexibility index (Phi) is 3.51. The molecule has 0 radical (unpaired) electrons. The lowest BCUT2D eigenvalue weighted by Gasteiger charge is -2.00. The average molecular weight is 392 g/mol. The van der Waals surface area contributed by atoms with Gasteiger partial charge in [-0.25, -0.2) is 4.98 Å². The molecule has 30 heavy (non-hydrogen) atoms. The molecule has 0 saturated carbocycles. The fourth-order valence-electron chi connectivity index (χ4n) is 3.68. The number of aromatic nitrogens is 8. The van der Waals surface area contributed by atoms with Crippen LogP contribution in [0.25, 0.3) is 56.0 Å². The number of benzene rings is 1. The van der Waals surface area contributed by atoms with Gasteiger partial charge in [0.25, 0.3) is 0 Å². The highest BCUT2D eigenvalue weighted by molar-refractivity contribution is 5.97. The molecule has 0 fully saturated rings. The molecule has 0 atom stereocenters. The number of hydrogen-bond donors (Lipinski definition) is 2. The van der Waals surface area contributed by atoms with Gasteiger partial charge < -0.3 is 4.98 Å². The lowest BCUT2D eigenvalue weighted by Crippen LogP contribution is -1.85. The van der Waals surface area contributed by atoms with Gasteiger partial charge in [0.15, 0.2) is 5.82 Å². The van der Waals surface area contributed by atoms with Crippen LogP contribution in [-0.4, -0.2) is 39.9 Å². The number of pyridine rings is 2. The van der Waals surface area contributed by atoms with E-state index in [9.17, 15) is 0 Å². The van der Waals surface area contributed by atoms with E-state index in [0.29, 0.717) is 5.82 Å². The van der Waals surface area contributed by atoms with Crippen LogP contribution in [0.4, 0.5) is 0 Å². The molecule has 0 aliphatic carbocycles. The molecule has 0 unspecified atom stereocenters. The Hall–Kier alpha value is -4.33. The number of para-hydroxylation sites is 1. The maximum Gasteiger partial charge on any atom is 0.159 e. The molecule has 144 valence electrons. The Morgan fingerprint density at radius 2 is 1.90 bits per heavy atom. The number of nitrogens with zero attached hydrogens (tertiary/aromatic N) is 6. The Labute approximate surface area is 170 Å². The molecule has 0 aliphatic heterocycles. The fraction of sp³-hybridized carbons (Fsp3) is 0.0455. The number of nitrogens with one attached hydrogen (secondary N) is 2. The van der Waals surface area contributed by atoms with Crippen LogP contribution in [0.2, 0.25) is 0 Å². The van der Waals surface area contributed by atoms with Crippen LogP contribution in [0, 0.1) is 0 Å². The second kappa shape index (κ2) is 6.35. The molecule has 0 saturated heterocycles. The van der Waals surface area contributed by atoms with Crippen LogP contribution in [0.5, 0.6) is 0 Å². The molecule has 6 rings (SSSR count). The molecular weight excluding hydrogens is 376 g/mol. The molecule has 2 N–H and O–H groups in total. The first-order chi connectivity index (χ1) is 14.8. The topological polar surface area (TPSA) is 101 Å². The van der Waals surface area contributed by atoms with Gasteiger partial charge in [-0.05, 0) is 24.3 Å². The largest absolute Gasteiger partial charge is 0.337 e. The van der Waals surface area contributed by atoms with Gasteiger partial charge in [-0.3, -0.25) is 19.7 Å². The summed E-state index contributed by atoms with van der Waals surface area (Å²) in [6.45, 7) is 0. The van der Waals surface area contributed by atoms with Crippen LogP contribution in [-0.2, 0) is 7.05 Å². The van der Waals surface area contributed by atoms with Crippen LogP contribution >= 0.6 is 0 Å². The number of H-pyrrole nitrogens is 2. The molecular formula is C22H16N8. The van der Waals surface area contributed by atoms with E-state index in [0.717, 1.165) is 50.1 Å². The Morgan fingerprint density at radius 1 is 0.933 bits per heavy atom. The first kappa shape index (κ1) is 16.6. The molecule has 6 aromatic rings. The van der Waals surface area contributed by atoms with Crippen molar-refractivity contribution in [3.8, 4) is 34.0 Å². The fourth-order valence-corrected chi connectivity index (χ4v) is 3.68. The van der Waals surface area contributed by atoms with Gasteiger partial charge in [-0.1, -0.05) is 18.2 Å². The van der Waals surface area contributed by atoms with Gasteiger partial charge in [0.1, 0.15) is 5.69 Å². The molecule has 0 bridgehead atoms. The van der Waals surface area contributed by atoms with Crippen molar-refractivity contribution >= 4 is 21.9 Å². The highest BCUT2D eigenvalue weighted by atomic mass is 15.2. The minimum absolute atomic E-state index is 0.697. The summed E-state index contributed by atoms with van der Waals surface area (Å²) in [6.07, 6.45) is 7.31.